The molecule has 2 aromatic carbocycles. The summed E-state index contributed by atoms with van der Waals surface area (Å²) in [6.45, 7) is 0.333. The van der Waals surface area contributed by atoms with Crippen molar-refractivity contribution in [2.75, 3.05) is 5.73 Å². The summed E-state index contributed by atoms with van der Waals surface area (Å²) in [5.41, 5.74) is 8.73. The minimum Gasteiger partial charge on any atom is -0.383 e. The van der Waals surface area contributed by atoms with Gasteiger partial charge in [0.2, 0.25) is 0 Å². The van der Waals surface area contributed by atoms with E-state index in [4.69, 9.17) is 5.73 Å². The van der Waals surface area contributed by atoms with Gasteiger partial charge in [0, 0.05) is 18.2 Å². The summed E-state index contributed by atoms with van der Waals surface area (Å²) < 4.78 is 1.53. The maximum Gasteiger partial charge on any atom is 0.256 e. The van der Waals surface area contributed by atoms with Crippen LogP contribution in [0.2, 0.25) is 0 Å². The second-order valence-electron chi connectivity index (χ2n) is 6.82. The quantitative estimate of drug-likeness (QED) is 0.615. The molecule has 2 amide bonds. The molecule has 4 rings (SSSR count). The van der Waals surface area contributed by atoms with E-state index in [1.807, 2.05) is 42.5 Å². The first-order valence-corrected chi connectivity index (χ1v) is 9.19. The lowest BCUT2D eigenvalue weighted by atomic mass is 10.1. The van der Waals surface area contributed by atoms with Gasteiger partial charge in [-0.05, 0) is 42.7 Å². The minimum absolute atomic E-state index is 0.0563. The van der Waals surface area contributed by atoms with Crippen LogP contribution < -0.4 is 16.4 Å². The number of carbonyl (C=O) groups excluding carboxylic acids is 2. The van der Waals surface area contributed by atoms with E-state index in [0.29, 0.717) is 23.7 Å². The van der Waals surface area contributed by atoms with Crippen LogP contribution in [0.3, 0.4) is 0 Å². The maximum atomic E-state index is 12.5. The number of nitrogens with two attached hydrogens (primary N) is 1. The minimum atomic E-state index is -0.296. The summed E-state index contributed by atoms with van der Waals surface area (Å²) in [7, 11) is 0. The average Bonchev–Trinajstić information content (AvgIpc) is 3.46. The fourth-order valence-corrected chi connectivity index (χ4v) is 2.86. The molecule has 0 radical (unpaired) electrons. The van der Waals surface area contributed by atoms with Crippen molar-refractivity contribution in [2.45, 2.75) is 25.4 Å². The number of rotatable bonds is 6. The molecule has 0 atom stereocenters. The summed E-state index contributed by atoms with van der Waals surface area (Å²) in [6.07, 6.45) is 3.57. The first-order chi connectivity index (χ1) is 13.6. The Labute approximate surface area is 162 Å². The van der Waals surface area contributed by atoms with Crippen molar-refractivity contribution in [3.8, 4) is 5.69 Å². The van der Waals surface area contributed by atoms with Gasteiger partial charge in [0.05, 0.1) is 11.9 Å². The third kappa shape index (κ3) is 3.88. The number of hydrogen-bond donors (Lipinski definition) is 3. The van der Waals surface area contributed by atoms with E-state index in [-0.39, 0.29) is 17.6 Å². The molecule has 0 unspecified atom stereocenters. The fourth-order valence-electron chi connectivity index (χ4n) is 2.86. The Morgan fingerprint density at radius 3 is 2.43 bits per heavy atom. The molecule has 28 heavy (non-hydrogen) atoms. The van der Waals surface area contributed by atoms with Crippen LogP contribution in [-0.4, -0.2) is 27.6 Å². The SMILES string of the molecule is Nc1c(C(=O)NCc2ccc(C(=O)NC3CC3)cc2)cnn1-c1ccccc1. The molecule has 1 heterocycles. The van der Waals surface area contributed by atoms with Crippen molar-refractivity contribution in [3.05, 3.63) is 77.5 Å². The number of amides is 2. The van der Waals surface area contributed by atoms with Crippen LogP contribution in [0.1, 0.15) is 39.1 Å². The number of hydrogen-bond acceptors (Lipinski definition) is 4. The van der Waals surface area contributed by atoms with Crippen molar-refractivity contribution < 1.29 is 9.59 Å². The average molecular weight is 375 g/mol. The van der Waals surface area contributed by atoms with E-state index in [1.165, 1.54) is 10.9 Å². The van der Waals surface area contributed by atoms with E-state index < -0.39 is 0 Å². The number of nitrogens with zero attached hydrogens (tertiary/aromatic N) is 2. The van der Waals surface area contributed by atoms with E-state index in [9.17, 15) is 9.59 Å². The molecule has 1 fully saturated rings. The first kappa shape index (κ1) is 17.8. The Morgan fingerprint density at radius 2 is 1.75 bits per heavy atom. The van der Waals surface area contributed by atoms with E-state index in [1.54, 1.807) is 12.1 Å². The molecule has 1 aliphatic rings. The smallest absolute Gasteiger partial charge is 0.256 e. The largest absolute Gasteiger partial charge is 0.383 e. The van der Waals surface area contributed by atoms with Crippen LogP contribution in [0, 0.1) is 0 Å². The van der Waals surface area contributed by atoms with E-state index in [0.717, 1.165) is 24.1 Å². The molecule has 1 aliphatic carbocycles. The number of carbonyl (C=O) groups is 2. The number of nitrogens with one attached hydrogen (secondary N) is 2. The highest BCUT2D eigenvalue weighted by Gasteiger charge is 2.23. The van der Waals surface area contributed by atoms with Crippen LogP contribution in [0.5, 0.6) is 0 Å². The van der Waals surface area contributed by atoms with Gasteiger partial charge in [-0.15, -0.1) is 0 Å². The molecule has 0 aliphatic heterocycles. The van der Waals surface area contributed by atoms with Crippen molar-refractivity contribution in [1.82, 2.24) is 20.4 Å². The molecule has 7 heteroatoms. The molecule has 0 saturated heterocycles. The molecule has 1 aromatic heterocycles. The van der Waals surface area contributed by atoms with Crippen LogP contribution in [0.4, 0.5) is 5.82 Å². The Bertz CT molecular complexity index is 991. The van der Waals surface area contributed by atoms with Crippen molar-refractivity contribution in [2.24, 2.45) is 0 Å². The zero-order valence-corrected chi connectivity index (χ0v) is 15.3. The van der Waals surface area contributed by atoms with Gasteiger partial charge in [0.15, 0.2) is 0 Å². The topological polar surface area (TPSA) is 102 Å². The second-order valence-corrected chi connectivity index (χ2v) is 6.82. The normalized spacial score (nSPS) is 13.1. The Hall–Kier alpha value is -3.61. The predicted molar refractivity (Wildman–Crippen MR) is 106 cm³/mol. The highest BCUT2D eigenvalue weighted by Crippen LogP contribution is 2.19. The lowest BCUT2D eigenvalue weighted by Gasteiger charge is -2.08. The highest BCUT2D eigenvalue weighted by molar-refractivity contribution is 5.98. The van der Waals surface area contributed by atoms with Crippen molar-refractivity contribution in [3.63, 3.8) is 0 Å². The van der Waals surface area contributed by atoms with Gasteiger partial charge in [0.25, 0.3) is 11.8 Å². The van der Waals surface area contributed by atoms with Crippen LogP contribution in [0.15, 0.2) is 60.8 Å². The maximum absolute atomic E-state index is 12.5. The standard InChI is InChI=1S/C21H21N5O2/c22-19-18(13-24-26(19)17-4-2-1-3-5-17)21(28)23-12-14-6-8-15(9-7-14)20(27)25-16-10-11-16/h1-9,13,16H,10-12,22H2,(H,23,28)(H,25,27). The van der Waals surface area contributed by atoms with Gasteiger partial charge in [-0.25, -0.2) is 4.68 Å². The first-order valence-electron chi connectivity index (χ1n) is 9.19. The summed E-state index contributed by atoms with van der Waals surface area (Å²) in [6, 6.07) is 16.9. The van der Waals surface area contributed by atoms with Crippen LogP contribution in [-0.2, 0) is 6.54 Å². The molecule has 3 aromatic rings. The Balaban J connectivity index is 1.38. The number of nitrogen functional groups attached to an aromatic ring is 1. The Kier molecular flexibility index (Phi) is 4.80. The predicted octanol–water partition coefficient (Wildman–Crippen LogP) is 2.28. The molecular weight excluding hydrogens is 354 g/mol. The van der Waals surface area contributed by atoms with Crippen molar-refractivity contribution >= 4 is 17.6 Å². The van der Waals surface area contributed by atoms with E-state index in [2.05, 4.69) is 15.7 Å². The molecular formula is C21H21N5O2. The molecule has 0 bridgehead atoms. The summed E-state index contributed by atoms with van der Waals surface area (Å²) in [5, 5.41) is 10.00. The zero-order chi connectivity index (χ0) is 19.5. The van der Waals surface area contributed by atoms with Gasteiger partial charge in [-0.2, -0.15) is 5.10 Å². The molecule has 1 saturated carbocycles. The van der Waals surface area contributed by atoms with Gasteiger partial charge < -0.3 is 16.4 Å². The third-order valence-electron chi connectivity index (χ3n) is 4.63. The monoisotopic (exact) mass is 375 g/mol. The molecule has 7 nitrogen and oxygen atoms in total. The lowest BCUT2D eigenvalue weighted by molar-refractivity contribution is 0.0942. The molecule has 4 N–H and O–H groups in total. The zero-order valence-electron chi connectivity index (χ0n) is 15.3. The number of benzene rings is 2. The second kappa shape index (κ2) is 7.56. The van der Waals surface area contributed by atoms with Crippen molar-refractivity contribution in [1.29, 1.82) is 0 Å². The fraction of sp³-hybridized carbons (Fsp3) is 0.190. The molecule has 142 valence electrons. The van der Waals surface area contributed by atoms with Gasteiger partial charge in [0.1, 0.15) is 11.4 Å². The van der Waals surface area contributed by atoms with Crippen LogP contribution >= 0.6 is 0 Å². The summed E-state index contributed by atoms with van der Waals surface area (Å²) in [4.78, 5) is 24.5. The van der Waals surface area contributed by atoms with Gasteiger partial charge in [-0.3, -0.25) is 9.59 Å². The summed E-state index contributed by atoms with van der Waals surface area (Å²) >= 11 is 0. The lowest BCUT2D eigenvalue weighted by Crippen LogP contribution is -2.25. The number of para-hydroxylation sites is 1. The number of anilines is 1. The van der Waals surface area contributed by atoms with E-state index >= 15 is 0 Å². The third-order valence-corrected chi connectivity index (χ3v) is 4.63. The summed E-state index contributed by atoms with van der Waals surface area (Å²) in [5.74, 6) is -0.0646. The van der Waals surface area contributed by atoms with Gasteiger partial charge >= 0.3 is 0 Å². The Morgan fingerprint density at radius 1 is 1.04 bits per heavy atom. The number of aromatic nitrogens is 2. The molecule has 0 spiro atoms. The van der Waals surface area contributed by atoms with Gasteiger partial charge in [-0.1, -0.05) is 30.3 Å². The van der Waals surface area contributed by atoms with Crippen LogP contribution in [0.25, 0.3) is 5.69 Å². The highest BCUT2D eigenvalue weighted by atomic mass is 16.2.